The Labute approximate surface area is 260 Å². The van der Waals surface area contributed by atoms with Gasteiger partial charge in [-0.25, -0.2) is 12.8 Å². The highest BCUT2D eigenvalue weighted by Gasteiger charge is 2.41. The molecule has 0 bridgehead atoms. The van der Waals surface area contributed by atoms with Gasteiger partial charge in [-0.3, -0.25) is 14.0 Å². The van der Waals surface area contributed by atoms with Crippen LogP contribution in [0.5, 0.6) is 0 Å². The Balaban J connectivity index is 1.61. The van der Waals surface area contributed by atoms with Gasteiger partial charge < -0.3 is 9.64 Å². The summed E-state index contributed by atoms with van der Waals surface area (Å²) in [5.74, 6) is -1.59. The molecule has 0 radical (unpaired) electrons. The highest BCUT2D eigenvalue weighted by atomic mass is 32.2. The van der Waals surface area contributed by atoms with E-state index in [2.05, 4.69) is 0 Å². The predicted molar refractivity (Wildman–Crippen MR) is 157 cm³/mol. The summed E-state index contributed by atoms with van der Waals surface area (Å²) in [5.41, 5.74) is -2.35. The van der Waals surface area contributed by atoms with Crippen molar-refractivity contribution in [2.45, 2.75) is 30.2 Å². The molecule has 7 nitrogen and oxygen atoms in total. The molecule has 1 atom stereocenters. The highest BCUT2D eigenvalue weighted by molar-refractivity contribution is 7.92. The summed E-state index contributed by atoms with van der Waals surface area (Å²) in [6.07, 6.45) is -8.37. The molecule has 1 saturated heterocycles. The molecule has 2 aliphatic rings. The summed E-state index contributed by atoms with van der Waals surface area (Å²) < 4.78 is 130. The maximum Gasteiger partial charge on any atom is 0.417 e. The van der Waals surface area contributed by atoms with Crippen LogP contribution in [0.3, 0.4) is 0 Å². The van der Waals surface area contributed by atoms with Crippen LogP contribution in [-0.2, 0) is 31.9 Å². The van der Waals surface area contributed by atoms with Crippen LogP contribution >= 0.6 is 0 Å². The number of ether oxygens (including phenoxy) is 1. The fraction of sp³-hybridized carbons (Fsp3) is 0.323. The molecule has 5 rings (SSSR count). The summed E-state index contributed by atoms with van der Waals surface area (Å²) in [6, 6.07) is 9.92. The van der Waals surface area contributed by atoms with Gasteiger partial charge in [-0.2, -0.15) is 26.3 Å². The quantitative estimate of drug-likeness (QED) is 0.174. The van der Waals surface area contributed by atoms with Crippen molar-refractivity contribution in [3.05, 3.63) is 88.7 Å². The van der Waals surface area contributed by atoms with E-state index < -0.39 is 61.8 Å². The van der Waals surface area contributed by atoms with Gasteiger partial charge in [0.25, 0.3) is 10.0 Å². The van der Waals surface area contributed by atoms with Gasteiger partial charge in [0.05, 0.1) is 53.6 Å². The van der Waals surface area contributed by atoms with E-state index in [1.165, 1.54) is 32.2 Å². The van der Waals surface area contributed by atoms with Crippen molar-refractivity contribution in [1.82, 2.24) is 4.90 Å². The van der Waals surface area contributed by atoms with Crippen molar-refractivity contribution in [3.63, 3.8) is 0 Å². The number of methoxy groups -OCH3 is 1. The molecule has 246 valence electrons. The van der Waals surface area contributed by atoms with E-state index in [9.17, 15) is 43.9 Å². The lowest BCUT2D eigenvalue weighted by Gasteiger charge is -2.49. The highest BCUT2D eigenvalue weighted by Crippen LogP contribution is 2.42. The molecule has 2 aliphatic heterocycles. The first-order chi connectivity index (χ1) is 21.5. The minimum atomic E-state index is -4.84. The smallest absolute Gasteiger partial charge is 0.417 e. The van der Waals surface area contributed by atoms with Gasteiger partial charge in [0.15, 0.2) is 0 Å². The molecule has 46 heavy (non-hydrogen) atoms. The number of carbonyl (C=O) groups excluding carboxylic acids is 1. The van der Waals surface area contributed by atoms with Gasteiger partial charge in [-0.1, -0.05) is 24.3 Å². The van der Waals surface area contributed by atoms with Crippen LogP contribution in [0.1, 0.15) is 29.2 Å². The number of carbonyl (C=O) groups is 1. The Morgan fingerprint density at radius 2 is 1.65 bits per heavy atom. The molecule has 2 heterocycles. The Kier molecular flexibility index (Phi) is 8.85. The van der Waals surface area contributed by atoms with E-state index in [1.54, 1.807) is 11.0 Å². The van der Waals surface area contributed by atoms with Crippen molar-refractivity contribution < 1.29 is 48.7 Å². The Morgan fingerprint density at radius 1 is 0.935 bits per heavy atom. The Hall–Kier alpha value is -4.11. The third kappa shape index (κ3) is 6.56. The maximum absolute atomic E-state index is 14.7. The second-order valence-corrected chi connectivity index (χ2v) is 12.8. The number of rotatable bonds is 6. The number of alkyl halides is 6. The van der Waals surface area contributed by atoms with Crippen LogP contribution < -0.4 is 9.21 Å². The summed E-state index contributed by atoms with van der Waals surface area (Å²) >= 11 is 0. The molecule has 3 aromatic rings. The van der Waals surface area contributed by atoms with Crippen LogP contribution in [-0.4, -0.2) is 65.2 Å². The van der Waals surface area contributed by atoms with Gasteiger partial charge in [0.2, 0.25) is 0 Å². The molecule has 0 N–H and O–H groups in total. The molecule has 0 spiro atoms. The number of nitrogens with zero attached hydrogens (tertiary/aromatic N) is 3. The molecular weight excluding hydrogens is 643 g/mol. The molecule has 1 fully saturated rings. The standard InChI is InChI=1S/C31H28F7N3O4S/c1-19(29-24(31(36,37)38)7-4-8-25(29)32)13-20-9-10-26-27(14-20)41(17-22-16-39(11-12-40(22)26)18-28(42)45-2)46(43,44)23-6-3-5-21(15-23)30(33,34)35/h3-10,13-15,22H,11-12,16-18H2,1-2H3/b19-13+/t22-/m0/s1. The lowest BCUT2D eigenvalue weighted by Crippen LogP contribution is -2.61. The average molecular weight is 672 g/mol. The maximum atomic E-state index is 14.7. The second-order valence-electron chi connectivity index (χ2n) is 11.0. The van der Waals surface area contributed by atoms with Gasteiger partial charge in [-0.05, 0) is 60.5 Å². The number of hydrogen-bond acceptors (Lipinski definition) is 6. The molecule has 0 unspecified atom stereocenters. The number of sulfonamides is 1. The van der Waals surface area contributed by atoms with E-state index in [1.807, 2.05) is 4.90 Å². The van der Waals surface area contributed by atoms with E-state index in [-0.39, 0.29) is 36.5 Å². The minimum Gasteiger partial charge on any atom is -0.468 e. The number of piperazine rings is 1. The van der Waals surface area contributed by atoms with Gasteiger partial charge in [0, 0.05) is 25.2 Å². The van der Waals surface area contributed by atoms with Crippen LogP contribution in [0.4, 0.5) is 42.1 Å². The largest absolute Gasteiger partial charge is 0.468 e. The first-order valence-corrected chi connectivity index (χ1v) is 15.4. The third-order valence-corrected chi connectivity index (χ3v) is 9.72. The van der Waals surface area contributed by atoms with E-state index >= 15 is 0 Å². The topological polar surface area (TPSA) is 70.2 Å². The van der Waals surface area contributed by atoms with Crippen molar-refractivity contribution in [2.75, 3.05) is 49.0 Å². The number of fused-ring (bicyclic) bond motifs is 3. The number of allylic oxidation sites excluding steroid dienone is 1. The molecular formula is C31H28F7N3O4S. The SMILES string of the molecule is COC(=O)CN1CCN2c3ccc(/C=C(\C)c4c(F)cccc4C(F)(F)F)cc3N(S(=O)(=O)c3cccc(C(F)(F)F)c3)C[C@@H]2C1. The lowest BCUT2D eigenvalue weighted by atomic mass is 9.97. The minimum absolute atomic E-state index is 0.0486. The average Bonchev–Trinajstić information content (AvgIpc) is 2.99. The van der Waals surface area contributed by atoms with E-state index in [0.29, 0.717) is 24.8 Å². The van der Waals surface area contributed by atoms with E-state index in [0.717, 1.165) is 40.7 Å². The summed E-state index contributed by atoms with van der Waals surface area (Å²) in [5, 5.41) is 0. The zero-order valence-electron chi connectivity index (χ0n) is 24.5. The van der Waals surface area contributed by atoms with Crippen molar-refractivity contribution >= 4 is 39.0 Å². The molecule has 0 aliphatic carbocycles. The molecule has 3 aromatic carbocycles. The van der Waals surface area contributed by atoms with Crippen LogP contribution in [0.15, 0.2) is 65.6 Å². The fourth-order valence-electron chi connectivity index (χ4n) is 5.82. The zero-order chi connectivity index (χ0) is 33.6. The first-order valence-electron chi connectivity index (χ1n) is 13.9. The van der Waals surface area contributed by atoms with Crippen molar-refractivity contribution in [2.24, 2.45) is 0 Å². The second kappa shape index (κ2) is 12.2. The number of esters is 1. The van der Waals surface area contributed by atoms with Gasteiger partial charge >= 0.3 is 18.3 Å². The van der Waals surface area contributed by atoms with Gasteiger partial charge in [0.1, 0.15) is 5.82 Å². The molecule has 15 heteroatoms. The van der Waals surface area contributed by atoms with Crippen molar-refractivity contribution in [1.29, 1.82) is 0 Å². The monoisotopic (exact) mass is 671 g/mol. The Morgan fingerprint density at radius 3 is 2.33 bits per heavy atom. The van der Waals surface area contributed by atoms with Crippen LogP contribution in [0.2, 0.25) is 0 Å². The zero-order valence-corrected chi connectivity index (χ0v) is 25.3. The Bertz CT molecular complexity index is 1790. The summed E-state index contributed by atoms with van der Waals surface area (Å²) in [4.78, 5) is 15.0. The predicted octanol–water partition coefficient (Wildman–Crippen LogP) is 6.30. The molecule has 0 saturated carbocycles. The number of halogens is 7. The third-order valence-electron chi connectivity index (χ3n) is 7.95. The van der Waals surface area contributed by atoms with E-state index in [4.69, 9.17) is 4.74 Å². The number of anilines is 2. The van der Waals surface area contributed by atoms with Crippen molar-refractivity contribution in [3.8, 4) is 0 Å². The lowest BCUT2D eigenvalue weighted by molar-refractivity contribution is -0.142. The fourth-order valence-corrected chi connectivity index (χ4v) is 7.37. The summed E-state index contributed by atoms with van der Waals surface area (Å²) in [7, 11) is -3.38. The summed E-state index contributed by atoms with van der Waals surface area (Å²) in [6.45, 7) is 2.05. The first kappa shape index (κ1) is 33.3. The number of hydrogen-bond donors (Lipinski definition) is 0. The number of benzene rings is 3. The molecule has 0 aromatic heterocycles. The normalized spacial score (nSPS) is 17.8. The van der Waals surface area contributed by atoms with Gasteiger partial charge in [-0.15, -0.1) is 0 Å². The van der Waals surface area contributed by atoms with Crippen LogP contribution in [0, 0.1) is 5.82 Å². The molecule has 0 amide bonds. The van der Waals surface area contributed by atoms with Crippen LogP contribution in [0.25, 0.3) is 11.6 Å².